The number of hydrogen-bond acceptors (Lipinski definition) is 4. The van der Waals surface area contributed by atoms with E-state index in [-0.39, 0.29) is 5.91 Å². The Kier molecular flexibility index (Phi) is 3.78. The maximum absolute atomic E-state index is 12.8. The SMILES string of the molecule is Cc1nn(C)c2nc(C3CC3)cc(C(=O)NCCc3cnn(C)c3)c12. The molecule has 1 N–H and O–H groups in total. The number of nitrogens with zero attached hydrogens (tertiary/aromatic N) is 5. The van der Waals surface area contributed by atoms with Crippen molar-refractivity contribution in [3.05, 3.63) is 41.0 Å². The third kappa shape index (κ3) is 3.01. The minimum atomic E-state index is -0.0608. The molecule has 3 aromatic rings. The molecule has 0 bridgehead atoms. The number of carbonyl (C=O) groups excluding carboxylic acids is 1. The minimum absolute atomic E-state index is 0.0608. The lowest BCUT2D eigenvalue weighted by Gasteiger charge is -2.08. The van der Waals surface area contributed by atoms with Crippen molar-refractivity contribution < 1.29 is 4.79 Å². The van der Waals surface area contributed by atoms with Crippen molar-refractivity contribution in [2.24, 2.45) is 14.1 Å². The molecule has 1 aliphatic rings. The van der Waals surface area contributed by atoms with Crippen LogP contribution in [-0.2, 0) is 20.5 Å². The molecular formula is C18H22N6O. The molecule has 0 aromatic carbocycles. The number of hydrogen-bond donors (Lipinski definition) is 1. The molecule has 1 amide bonds. The van der Waals surface area contributed by atoms with Gasteiger partial charge in [0, 0.05) is 38.4 Å². The molecule has 3 aromatic heterocycles. The Morgan fingerprint density at radius 1 is 1.36 bits per heavy atom. The topological polar surface area (TPSA) is 77.6 Å². The zero-order valence-corrected chi connectivity index (χ0v) is 14.8. The van der Waals surface area contributed by atoms with E-state index < -0.39 is 0 Å². The molecule has 0 radical (unpaired) electrons. The fourth-order valence-electron chi connectivity index (χ4n) is 3.25. The van der Waals surface area contributed by atoms with Gasteiger partial charge >= 0.3 is 0 Å². The molecule has 0 aliphatic heterocycles. The number of nitrogens with one attached hydrogen (secondary N) is 1. The van der Waals surface area contributed by atoms with Crippen molar-refractivity contribution in [3.63, 3.8) is 0 Å². The Bertz CT molecular complexity index is 950. The minimum Gasteiger partial charge on any atom is -0.352 e. The summed E-state index contributed by atoms with van der Waals surface area (Å²) in [7, 11) is 3.77. The second-order valence-corrected chi connectivity index (χ2v) is 6.80. The summed E-state index contributed by atoms with van der Waals surface area (Å²) < 4.78 is 3.54. The molecule has 1 fully saturated rings. The van der Waals surface area contributed by atoms with Crippen LogP contribution >= 0.6 is 0 Å². The number of fused-ring (bicyclic) bond motifs is 1. The van der Waals surface area contributed by atoms with E-state index in [1.165, 1.54) is 0 Å². The van der Waals surface area contributed by atoms with Crippen molar-refractivity contribution in [3.8, 4) is 0 Å². The van der Waals surface area contributed by atoms with Crippen LogP contribution in [0.5, 0.6) is 0 Å². The van der Waals surface area contributed by atoms with E-state index >= 15 is 0 Å². The van der Waals surface area contributed by atoms with Crippen LogP contribution in [0.3, 0.4) is 0 Å². The van der Waals surface area contributed by atoms with E-state index in [9.17, 15) is 4.79 Å². The van der Waals surface area contributed by atoms with Crippen molar-refractivity contribution >= 4 is 16.9 Å². The van der Waals surface area contributed by atoms with Crippen LogP contribution in [-0.4, -0.2) is 37.0 Å². The third-order valence-electron chi connectivity index (χ3n) is 4.69. The monoisotopic (exact) mass is 338 g/mol. The fourth-order valence-corrected chi connectivity index (χ4v) is 3.25. The Balaban J connectivity index is 1.59. The lowest BCUT2D eigenvalue weighted by atomic mass is 10.1. The van der Waals surface area contributed by atoms with Gasteiger partial charge in [-0.05, 0) is 37.8 Å². The van der Waals surface area contributed by atoms with Gasteiger partial charge in [-0.2, -0.15) is 10.2 Å². The van der Waals surface area contributed by atoms with Crippen LogP contribution in [0.1, 0.15) is 46.1 Å². The Labute approximate surface area is 146 Å². The molecule has 7 heteroatoms. The van der Waals surface area contributed by atoms with E-state index in [2.05, 4.69) is 15.5 Å². The largest absolute Gasteiger partial charge is 0.352 e. The number of carbonyl (C=O) groups is 1. The van der Waals surface area contributed by atoms with Gasteiger partial charge in [-0.15, -0.1) is 0 Å². The zero-order valence-electron chi connectivity index (χ0n) is 14.8. The molecule has 0 saturated heterocycles. The first-order valence-corrected chi connectivity index (χ1v) is 8.63. The molecule has 0 unspecified atom stereocenters. The lowest BCUT2D eigenvalue weighted by molar-refractivity contribution is 0.0955. The van der Waals surface area contributed by atoms with Gasteiger partial charge in [0.25, 0.3) is 5.91 Å². The van der Waals surface area contributed by atoms with Crippen molar-refractivity contribution in [1.29, 1.82) is 0 Å². The van der Waals surface area contributed by atoms with E-state index in [1.54, 1.807) is 9.36 Å². The van der Waals surface area contributed by atoms with Crippen LogP contribution in [0.2, 0.25) is 0 Å². The zero-order chi connectivity index (χ0) is 17.6. The summed E-state index contributed by atoms with van der Waals surface area (Å²) in [5.74, 6) is 0.427. The molecule has 0 atom stereocenters. The molecule has 3 heterocycles. The Hall–Kier alpha value is -2.70. The van der Waals surface area contributed by atoms with Gasteiger partial charge in [0.15, 0.2) is 5.65 Å². The molecule has 7 nitrogen and oxygen atoms in total. The van der Waals surface area contributed by atoms with Gasteiger partial charge in [0.1, 0.15) is 0 Å². The number of rotatable bonds is 5. The van der Waals surface area contributed by atoms with Crippen LogP contribution in [0, 0.1) is 6.92 Å². The average Bonchev–Trinajstić information content (AvgIpc) is 3.29. The van der Waals surface area contributed by atoms with Gasteiger partial charge in [-0.1, -0.05) is 0 Å². The summed E-state index contributed by atoms with van der Waals surface area (Å²) >= 11 is 0. The third-order valence-corrected chi connectivity index (χ3v) is 4.69. The summed E-state index contributed by atoms with van der Waals surface area (Å²) in [4.78, 5) is 17.6. The van der Waals surface area contributed by atoms with Gasteiger partial charge in [0.05, 0.1) is 22.8 Å². The molecule has 0 spiro atoms. The summed E-state index contributed by atoms with van der Waals surface area (Å²) in [6, 6.07) is 1.95. The highest BCUT2D eigenvalue weighted by Gasteiger charge is 2.28. The van der Waals surface area contributed by atoms with Crippen LogP contribution in [0.15, 0.2) is 18.5 Å². The van der Waals surface area contributed by atoms with E-state index in [4.69, 9.17) is 4.98 Å². The highest BCUT2D eigenvalue weighted by atomic mass is 16.1. The van der Waals surface area contributed by atoms with Crippen molar-refractivity contribution in [1.82, 2.24) is 29.9 Å². The van der Waals surface area contributed by atoms with Crippen LogP contribution in [0.25, 0.3) is 11.0 Å². The first-order valence-electron chi connectivity index (χ1n) is 8.63. The van der Waals surface area contributed by atoms with E-state index in [0.29, 0.717) is 18.0 Å². The second-order valence-electron chi connectivity index (χ2n) is 6.80. The smallest absolute Gasteiger partial charge is 0.252 e. The first-order chi connectivity index (χ1) is 12.0. The first kappa shape index (κ1) is 15.8. The standard InChI is InChI=1S/C18H22N6O/c1-11-16-14(18(25)19-7-6-12-9-20-23(2)10-12)8-15(13-4-5-13)21-17(16)24(3)22-11/h8-10,13H,4-7H2,1-3H3,(H,19,25). The van der Waals surface area contributed by atoms with Gasteiger partial charge < -0.3 is 5.32 Å². The summed E-state index contributed by atoms with van der Waals surface area (Å²) in [5, 5.41) is 12.5. The Morgan fingerprint density at radius 3 is 2.84 bits per heavy atom. The number of pyridine rings is 1. The van der Waals surface area contributed by atoms with Crippen molar-refractivity contribution in [2.75, 3.05) is 6.54 Å². The number of amides is 1. The molecule has 25 heavy (non-hydrogen) atoms. The van der Waals surface area contributed by atoms with Gasteiger partial charge in [0.2, 0.25) is 0 Å². The second kappa shape index (κ2) is 5.98. The summed E-state index contributed by atoms with van der Waals surface area (Å²) in [6.07, 6.45) is 6.85. The fraction of sp³-hybridized carbons (Fsp3) is 0.444. The lowest BCUT2D eigenvalue weighted by Crippen LogP contribution is -2.26. The molecule has 4 rings (SSSR count). The highest BCUT2D eigenvalue weighted by Crippen LogP contribution is 2.40. The summed E-state index contributed by atoms with van der Waals surface area (Å²) in [6.45, 7) is 2.50. The predicted octanol–water partition coefficient (Wildman–Crippen LogP) is 1.86. The molecule has 130 valence electrons. The number of aryl methyl sites for hydroxylation is 3. The maximum Gasteiger partial charge on any atom is 0.252 e. The summed E-state index contributed by atoms with van der Waals surface area (Å²) in [5.41, 5.74) is 4.43. The van der Waals surface area contributed by atoms with Crippen molar-refractivity contribution in [2.45, 2.75) is 32.1 Å². The van der Waals surface area contributed by atoms with Crippen LogP contribution < -0.4 is 5.32 Å². The highest BCUT2D eigenvalue weighted by molar-refractivity contribution is 6.06. The maximum atomic E-state index is 12.8. The van der Waals surface area contributed by atoms with Gasteiger partial charge in [-0.3, -0.25) is 14.2 Å². The Morgan fingerprint density at radius 2 is 2.16 bits per heavy atom. The van der Waals surface area contributed by atoms with Crippen LogP contribution in [0.4, 0.5) is 0 Å². The number of aromatic nitrogens is 5. The van der Waals surface area contributed by atoms with Gasteiger partial charge in [-0.25, -0.2) is 4.98 Å². The molecular weight excluding hydrogens is 316 g/mol. The normalized spacial score (nSPS) is 14.2. The van der Waals surface area contributed by atoms with E-state index in [0.717, 1.165) is 47.2 Å². The molecule has 1 saturated carbocycles. The average molecular weight is 338 g/mol. The van der Waals surface area contributed by atoms with E-state index in [1.807, 2.05) is 39.5 Å². The quantitative estimate of drug-likeness (QED) is 0.770. The molecule has 1 aliphatic carbocycles. The predicted molar refractivity (Wildman–Crippen MR) is 94.5 cm³/mol.